The number of hydrogen-bond acceptors (Lipinski definition) is 2. The van der Waals surface area contributed by atoms with E-state index < -0.39 is 0 Å². The molecule has 1 rings (SSSR count). The second-order valence-electron chi connectivity index (χ2n) is 2.57. The first-order valence-corrected chi connectivity index (χ1v) is 4.37. The summed E-state index contributed by atoms with van der Waals surface area (Å²) in [6.07, 6.45) is 0. The predicted molar refractivity (Wildman–Crippen MR) is 51.5 cm³/mol. The normalized spacial score (nSPS) is 9.50. The van der Waals surface area contributed by atoms with Crippen molar-refractivity contribution in [3.63, 3.8) is 0 Å². The van der Waals surface area contributed by atoms with Crippen LogP contribution in [-0.2, 0) is 6.54 Å². The van der Waals surface area contributed by atoms with E-state index in [1.54, 1.807) is 6.07 Å². The molecule has 1 aromatic carbocycles. The first kappa shape index (κ1) is 9.24. The van der Waals surface area contributed by atoms with E-state index in [2.05, 4.69) is 22.0 Å². The van der Waals surface area contributed by atoms with Crippen LogP contribution < -0.4 is 5.73 Å². The summed E-state index contributed by atoms with van der Waals surface area (Å²) >= 11 is 3.35. The molecule has 0 heterocycles. The van der Waals surface area contributed by atoms with E-state index in [1.807, 2.05) is 13.0 Å². The maximum Gasteiger partial charge on any atom is 0.0994 e. The van der Waals surface area contributed by atoms with E-state index in [0.29, 0.717) is 12.1 Å². The zero-order valence-electron chi connectivity index (χ0n) is 6.76. The SMILES string of the molecule is Cc1cc(CN)c(Br)cc1C#N. The average Bonchev–Trinajstić information content (AvgIpc) is 2.08. The number of nitriles is 1. The van der Waals surface area contributed by atoms with E-state index in [4.69, 9.17) is 11.0 Å². The molecule has 0 amide bonds. The van der Waals surface area contributed by atoms with Crippen LogP contribution in [0, 0.1) is 18.3 Å². The van der Waals surface area contributed by atoms with Crippen LogP contribution >= 0.6 is 15.9 Å². The number of hydrogen-bond donors (Lipinski definition) is 1. The summed E-state index contributed by atoms with van der Waals surface area (Å²) in [7, 11) is 0. The van der Waals surface area contributed by atoms with Crippen molar-refractivity contribution >= 4 is 15.9 Å². The number of nitrogens with zero attached hydrogens (tertiary/aromatic N) is 1. The van der Waals surface area contributed by atoms with Gasteiger partial charge in [0.05, 0.1) is 11.6 Å². The molecule has 0 aliphatic rings. The van der Waals surface area contributed by atoms with Crippen LogP contribution in [0.4, 0.5) is 0 Å². The van der Waals surface area contributed by atoms with Gasteiger partial charge < -0.3 is 5.73 Å². The van der Waals surface area contributed by atoms with Crippen molar-refractivity contribution < 1.29 is 0 Å². The molecule has 2 nitrogen and oxygen atoms in total. The van der Waals surface area contributed by atoms with Crippen LogP contribution in [-0.4, -0.2) is 0 Å². The molecule has 0 bridgehead atoms. The molecule has 0 aromatic heterocycles. The van der Waals surface area contributed by atoms with Gasteiger partial charge in [-0.05, 0) is 24.1 Å². The maximum absolute atomic E-state index is 8.70. The second kappa shape index (κ2) is 3.70. The fourth-order valence-corrected chi connectivity index (χ4v) is 1.52. The van der Waals surface area contributed by atoms with Gasteiger partial charge in [0.15, 0.2) is 0 Å². The molecular weight excluding hydrogens is 216 g/mol. The molecule has 0 spiro atoms. The first-order chi connectivity index (χ1) is 5.69. The lowest BCUT2D eigenvalue weighted by molar-refractivity contribution is 1.05. The van der Waals surface area contributed by atoms with E-state index >= 15 is 0 Å². The van der Waals surface area contributed by atoms with Gasteiger partial charge >= 0.3 is 0 Å². The van der Waals surface area contributed by atoms with Gasteiger partial charge in [-0.25, -0.2) is 0 Å². The van der Waals surface area contributed by atoms with E-state index in [9.17, 15) is 0 Å². The Balaban J connectivity index is 3.28. The van der Waals surface area contributed by atoms with Gasteiger partial charge in [0, 0.05) is 11.0 Å². The van der Waals surface area contributed by atoms with Crippen molar-refractivity contribution in [3.8, 4) is 6.07 Å². The van der Waals surface area contributed by atoms with Gasteiger partial charge in [-0.3, -0.25) is 0 Å². The summed E-state index contributed by atoms with van der Waals surface area (Å²) in [4.78, 5) is 0. The molecule has 0 saturated carbocycles. The summed E-state index contributed by atoms with van der Waals surface area (Å²) in [5.74, 6) is 0. The van der Waals surface area contributed by atoms with E-state index in [-0.39, 0.29) is 0 Å². The fraction of sp³-hybridized carbons (Fsp3) is 0.222. The molecule has 62 valence electrons. The first-order valence-electron chi connectivity index (χ1n) is 3.58. The van der Waals surface area contributed by atoms with Gasteiger partial charge in [-0.15, -0.1) is 0 Å². The number of nitrogens with two attached hydrogens (primary N) is 1. The minimum absolute atomic E-state index is 0.493. The minimum atomic E-state index is 0.493. The van der Waals surface area contributed by atoms with Gasteiger partial charge in [0.25, 0.3) is 0 Å². The molecule has 0 atom stereocenters. The monoisotopic (exact) mass is 224 g/mol. The number of rotatable bonds is 1. The second-order valence-corrected chi connectivity index (χ2v) is 3.43. The third-order valence-electron chi connectivity index (χ3n) is 1.73. The van der Waals surface area contributed by atoms with Crippen molar-refractivity contribution in [2.24, 2.45) is 5.73 Å². The Kier molecular flexibility index (Phi) is 2.85. The van der Waals surface area contributed by atoms with Gasteiger partial charge in [-0.1, -0.05) is 22.0 Å². The van der Waals surface area contributed by atoms with Crippen molar-refractivity contribution in [2.75, 3.05) is 0 Å². The Morgan fingerprint density at radius 2 is 2.25 bits per heavy atom. The lowest BCUT2D eigenvalue weighted by atomic mass is 10.1. The fourth-order valence-electron chi connectivity index (χ4n) is 1.02. The molecule has 0 unspecified atom stereocenters. The lowest BCUT2D eigenvalue weighted by Gasteiger charge is -2.03. The molecular formula is C9H9BrN2. The van der Waals surface area contributed by atoms with Gasteiger partial charge in [-0.2, -0.15) is 5.26 Å². The summed E-state index contributed by atoms with van der Waals surface area (Å²) < 4.78 is 0.909. The highest BCUT2D eigenvalue weighted by Crippen LogP contribution is 2.20. The van der Waals surface area contributed by atoms with Crippen molar-refractivity contribution in [1.82, 2.24) is 0 Å². The Bertz CT molecular complexity index is 338. The quantitative estimate of drug-likeness (QED) is 0.795. The highest BCUT2D eigenvalue weighted by atomic mass is 79.9. The summed E-state index contributed by atoms with van der Waals surface area (Å²) in [5.41, 5.74) is 8.20. The summed E-state index contributed by atoms with van der Waals surface area (Å²) in [6, 6.07) is 5.85. The number of aryl methyl sites for hydroxylation is 1. The van der Waals surface area contributed by atoms with E-state index in [1.165, 1.54) is 0 Å². The Hall–Kier alpha value is -0.850. The Morgan fingerprint density at radius 1 is 1.58 bits per heavy atom. The predicted octanol–water partition coefficient (Wildman–Crippen LogP) is 2.09. The van der Waals surface area contributed by atoms with Crippen LogP contribution in [0.1, 0.15) is 16.7 Å². The highest BCUT2D eigenvalue weighted by Gasteiger charge is 2.02. The van der Waals surface area contributed by atoms with E-state index in [0.717, 1.165) is 15.6 Å². The molecule has 12 heavy (non-hydrogen) atoms. The molecule has 0 fully saturated rings. The van der Waals surface area contributed by atoms with Crippen LogP contribution in [0.2, 0.25) is 0 Å². The smallest absolute Gasteiger partial charge is 0.0994 e. The summed E-state index contributed by atoms with van der Waals surface area (Å²) in [6.45, 7) is 2.40. The largest absolute Gasteiger partial charge is 0.326 e. The lowest BCUT2D eigenvalue weighted by Crippen LogP contribution is -1.98. The average molecular weight is 225 g/mol. The molecule has 0 aliphatic carbocycles. The van der Waals surface area contributed by atoms with Gasteiger partial charge in [0.1, 0.15) is 0 Å². The molecule has 2 N–H and O–H groups in total. The topological polar surface area (TPSA) is 49.8 Å². The zero-order chi connectivity index (χ0) is 9.14. The molecule has 0 radical (unpaired) electrons. The summed E-state index contributed by atoms with van der Waals surface area (Å²) in [5, 5.41) is 8.70. The van der Waals surface area contributed by atoms with Crippen molar-refractivity contribution in [3.05, 3.63) is 33.3 Å². The Labute approximate surface area is 80.1 Å². The molecule has 0 saturated heterocycles. The van der Waals surface area contributed by atoms with Crippen LogP contribution in [0.25, 0.3) is 0 Å². The van der Waals surface area contributed by atoms with Crippen LogP contribution in [0.5, 0.6) is 0 Å². The zero-order valence-corrected chi connectivity index (χ0v) is 8.35. The maximum atomic E-state index is 8.70. The molecule has 1 aromatic rings. The highest BCUT2D eigenvalue weighted by molar-refractivity contribution is 9.10. The third kappa shape index (κ3) is 1.66. The standard InChI is InChI=1S/C9H9BrN2/c1-6-2-8(5-12)9(10)3-7(6)4-11/h2-3H,5,12H2,1H3. The third-order valence-corrected chi connectivity index (χ3v) is 2.47. The number of benzene rings is 1. The number of halogens is 1. The molecule has 3 heteroatoms. The van der Waals surface area contributed by atoms with Crippen molar-refractivity contribution in [2.45, 2.75) is 13.5 Å². The van der Waals surface area contributed by atoms with Gasteiger partial charge in [0.2, 0.25) is 0 Å². The van der Waals surface area contributed by atoms with Crippen molar-refractivity contribution in [1.29, 1.82) is 5.26 Å². The Morgan fingerprint density at radius 3 is 2.75 bits per heavy atom. The van der Waals surface area contributed by atoms with Crippen LogP contribution in [0.15, 0.2) is 16.6 Å². The molecule has 0 aliphatic heterocycles. The van der Waals surface area contributed by atoms with Crippen LogP contribution in [0.3, 0.4) is 0 Å². The minimum Gasteiger partial charge on any atom is -0.326 e.